The van der Waals surface area contributed by atoms with Gasteiger partial charge in [0.05, 0.1) is 12.5 Å². The lowest BCUT2D eigenvalue weighted by atomic mass is 9.94. The lowest BCUT2D eigenvalue weighted by Gasteiger charge is -2.28. The number of hydrogen-bond acceptors (Lipinski definition) is 1. The Bertz CT molecular complexity index is 824. The maximum atomic E-state index is 13.4. The largest absolute Gasteiger partial charge is 0.353 e. The summed E-state index contributed by atoms with van der Waals surface area (Å²) in [6.45, 7) is 3.31. The standard InChI is InChI=1S/C23H26N2O/c1-3-22(20-13-8-5-9-14-20)23(26)25(17-19-11-6-4-7-12-19)18-21-15-10-16-24(21)2/h4-16,22H,3,17-18H2,1-2H3. The predicted molar refractivity (Wildman–Crippen MR) is 106 cm³/mol. The molecule has 0 bridgehead atoms. The predicted octanol–water partition coefficient (Wildman–Crippen LogP) is 4.75. The summed E-state index contributed by atoms with van der Waals surface area (Å²) in [4.78, 5) is 15.4. The van der Waals surface area contributed by atoms with Gasteiger partial charge in [0.25, 0.3) is 0 Å². The van der Waals surface area contributed by atoms with E-state index < -0.39 is 0 Å². The second-order valence-corrected chi connectivity index (χ2v) is 6.66. The molecule has 0 aliphatic rings. The molecule has 0 radical (unpaired) electrons. The van der Waals surface area contributed by atoms with Gasteiger partial charge >= 0.3 is 0 Å². The molecule has 3 rings (SSSR count). The Kier molecular flexibility index (Phi) is 5.90. The van der Waals surface area contributed by atoms with Gasteiger partial charge in [0.15, 0.2) is 0 Å². The quantitative estimate of drug-likeness (QED) is 0.606. The molecule has 134 valence electrons. The Morgan fingerprint density at radius 3 is 2.15 bits per heavy atom. The molecule has 1 unspecified atom stereocenters. The minimum atomic E-state index is -0.111. The summed E-state index contributed by atoms with van der Waals surface area (Å²) in [5.41, 5.74) is 3.38. The zero-order chi connectivity index (χ0) is 18.4. The van der Waals surface area contributed by atoms with Crippen LogP contribution in [0, 0.1) is 0 Å². The molecule has 0 aliphatic heterocycles. The highest BCUT2D eigenvalue weighted by atomic mass is 16.2. The van der Waals surface area contributed by atoms with Crippen molar-refractivity contribution in [1.82, 2.24) is 9.47 Å². The van der Waals surface area contributed by atoms with Crippen molar-refractivity contribution in [1.29, 1.82) is 0 Å². The number of benzene rings is 2. The number of amides is 1. The molecule has 0 saturated heterocycles. The van der Waals surface area contributed by atoms with Crippen LogP contribution < -0.4 is 0 Å². The molecule has 3 heteroatoms. The Labute approximate surface area is 155 Å². The highest BCUT2D eigenvalue weighted by molar-refractivity contribution is 5.83. The summed E-state index contributed by atoms with van der Waals surface area (Å²) in [6.07, 6.45) is 2.82. The average molecular weight is 346 g/mol. The van der Waals surface area contributed by atoms with Crippen molar-refractivity contribution in [2.24, 2.45) is 7.05 Å². The Morgan fingerprint density at radius 1 is 0.923 bits per heavy atom. The fourth-order valence-corrected chi connectivity index (χ4v) is 3.33. The fourth-order valence-electron chi connectivity index (χ4n) is 3.33. The second kappa shape index (κ2) is 8.52. The van der Waals surface area contributed by atoms with Crippen molar-refractivity contribution in [3.8, 4) is 0 Å². The molecular weight excluding hydrogens is 320 g/mol. The molecule has 2 aromatic carbocycles. The van der Waals surface area contributed by atoms with E-state index in [1.165, 1.54) is 0 Å². The van der Waals surface area contributed by atoms with Crippen LogP contribution in [0.1, 0.15) is 36.1 Å². The van der Waals surface area contributed by atoms with Gasteiger partial charge in [0.1, 0.15) is 0 Å². The van der Waals surface area contributed by atoms with Crippen molar-refractivity contribution >= 4 is 5.91 Å². The second-order valence-electron chi connectivity index (χ2n) is 6.66. The fraction of sp³-hybridized carbons (Fsp3) is 0.261. The van der Waals surface area contributed by atoms with Gasteiger partial charge in [-0.1, -0.05) is 67.6 Å². The molecule has 26 heavy (non-hydrogen) atoms. The number of rotatable bonds is 7. The highest BCUT2D eigenvalue weighted by Crippen LogP contribution is 2.24. The number of carbonyl (C=O) groups excluding carboxylic acids is 1. The molecule has 1 heterocycles. The van der Waals surface area contributed by atoms with Crippen molar-refractivity contribution < 1.29 is 4.79 Å². The lowest BCUT2D eigenvalue weighted by molar-refractivity contribution is -0.134. The average Bonchev–Trinajstić information content (AvgIpc) is 3.08. The smallest absolute Gasteiger partial charge is 0.230 e. The number of hydrogen-bond donors (Lipinski definition) is 0. The Morgan fingerprint density at radius 2 is 1.58 bits per heavy atom. The van der Waals surface area contributed by atoms with E-state index in [2.05, 4.69) is 41.8 Å². The van der Waals surface area contributed by atoms with Gasteiger partial charge in [0.2, 0.25) is 5.91 Å². The van der Waals surface area contributed by atoms with Crippen LogP contribution in [0.2, 0.25) is 0 Å². The summed E-state index contributed by atoms with van der Waals surface area (Å²) in [6, 6.07) is 24.4. The third kappa shape index (κ3) is 4.23. The minimum Gasteiger partial charge on any atom is -0.353 e. The SMILES string of the molecule is CCC(C(=O)N(Cc1ccccc1)Cc1cccn1C)c1ccccc1. The number of nitrogens with zero attached hydrogens (tertiary/aromatic N) is 2. The van der Waals surface area contributed by atoms with Crippen LogP contribution in [0.15, 0.2) is 79.0 Å². The van der Waals surface area contributed by atoms with Crippen molar-refractivity contribution in [2.45, 2.75) is 32.4 Å². The molecule has 1 aromatic heterocycles. The summed E-state index contributed by atoms with van der Waals surface area (Å²) in [5, 5.41) is 0. The van der Waals surface area contributed by atoms with Crippen LogP contribution in [0.3, 0.4) is 0 Å². The van der Waals surface area contributed by atoms with E-state index in [0.29, 0.717) is 13.1 Å². The normalized spacial score (nSPS) is 11.9. The van der Waals surface area contributed by atoms with E-state index in [1.54, 1.807) is 0 Å². The monoisotopic (exact) mass is 346 g/mol. The molecule has 3 nitrogen and oxygen atoms in total. The highest BCUT2D eigenvalue weighted by Gasteiger charge is 2.25. The Balaban J connectivity index is 1.88. The van der Waals surface area contributed by atoms with Gasteiger partial charge in [-0.05, 0) is 29.7 Å². The maximum Gasteiger partial charge on any atom is 0.230 e. The number of aromatic nitrogens is 1. The lowest BCUT2D eigenvalue weighted by Crippen LogP contribution is -2.34. The maximum absolute atomic E-state index is 13.4. The van der Waals surface area contributed by atoms with Crippen LogP contribution >= 0.6 is 0 Å². The van der Waals surface area contributed by atoms with E-state index in [1.807, 2.05) is 60.6 Å². The van der Waals surface area contributed by atoms with Crippen molar-refractivity contribution in [2.75, 3.05) is 0 Å². The van der Waals surface area contributed by atoms with E-state index in [4.69, 9.17) is 0 Å². The van der Waals surface area contributed by atoms with E-state index in [-0.39, 0.29) is 11.8 Å². The summed E-state index contributed by atoms with van der Waals surface area (Å²) >= 11 is 0. The van der Waals surface area contributed by atoms with Crippen LogP contribution in [-0.4, -0.2) is 15.4 Å². The summed E-state index contributed by atoms with van der Waals surface area (Å²) in [7, 11) is 2.02. The topological polar surface area (TPSA) is 25.2 Å². The van der Waals surface area contributed by atoms with Crippen LogP contribution in [0.25, 0.3) is 0 Å². The zero-order valence-electron chi connectivity index (χ0n) is 15.5. The van der Waals surface area contributed by atoms with Gasteiger partial charge in [-0.3, -0.25) is 4.79 Å². The van der Waals surface area contributed by atoms with Gasteiger partial charge in [-0.15, -0.1) is 0 Å². The molecule has 0 spiro atoms. The summed E-state index contributed by atoms with van der Waals surface area (Å²) in [5.74, 6) is 0.0731. The third-order valence-electron chi connectivity index (χ3n) is 4.84. The van der Waals surface area contributed by atoms with Gasteiger partial charge in [0, 0.05) is 25.5 Å². The molecular formula is C23H26N2O. The first-order chi connectivity index (χ1) is 12.7. The van der Waals surface area contributed by atoms with E-state index >= 15 is 0 Å². The van der Waals surface area contributed by atoms with Crippen LogP contribution in [0.5, 0.6) is 0 Å². The van der Waals surface area contributed by atoms with E-state index in [0.717, 1.165) is 23.2 Å². The first-order valence-electron chi connectivity index (χ1n) is 9.17. The van der Waals surface area contributed by atoms with Crippen molar-refractivity contribution in [3.05, 3.63) is 95.8 Å². The molecule has 0 aliphatic carbocycles. The zero-order valence-corrected chi connectivity index (χ0v) is 15.5. The molecule has 1 amide bonds. The van der Waals surface area contributed by atoms with Crippen molar-refractivity contribution in [3.63, 3.8) is 0 Å². The summed E-state index contributed by atoms with van der Waals surface area (Å²) < 4.78 is 2.08. The van der Waals surface area contributed by atoms with Crippen LogP contribution in [0.4, 0.5) is 0 Å². The number of carbonyl (C=O) groups is 1. The minimum absolute atomic E-state index is 0.111. The van der Waals surface area contributed by atoms with Gasteiger partial charge < -0.3 is 9.47 Å². The molecule has 3 aromatic rings. The first kappa shape index (κ1) is 18.0. The Hall–Kier alpha value is -2.81. The molecule has 0 saturated carbocycles. The first-order valence-corrected chi connectivity index (χ1v) is 9.17. The molecule has 0 N–H and O–H groups in total. The van der Waals surface area contributed by atoms with E-state index in [9.17, 15) is 4.79 Å². The molecule has 0 fully saturated rings. The van der Waals surface area contributed by atoms with Crippen LogP contribution in [-0.2, 0) is 24.9 Å². The van der Waals surface area contributed by atoms with Gasteiger partial charge in [-0.2, -0.15) is 0 Å². The third-order valence-corrected chi connectivity index (χ3v) is 4.84. The van der Waals surface area contributed by atoms with Gasteiger partial charge in [-0.25, -0.2) is 0 Å². The molecule has 1 atom stereocenters. The number of aryl methyl sites for hydroxylation is 1.